The maximum absolute atomic E-state index is 11.7. The highest BCUT2D eigenvalue weighted by Gasteiger charge is 2.18. The first-order valence-electron chi connectivity index (χ1n) is 5.46. The minimum absolute atomic E-state index is 0.241. The average Bonchev–Trinajstić information content (AvgIpc) is 2.36. The fraction of sp³-hybridized carbons (Fsp3) is 0.385. The second-order valence-corrected chi connectivity index (χ2v) is 3.37. The molecule has 0 amide bonds. The molecule has 0 aliphatic heterocycles. The van der Waals surface area contributed by atoms with Gasteiger partial charge in [-0.15, -0.1) is 0 Å². The summed E-state index contributed by atoms with van der Waals surface area (Å²) in [7, 11) is 1.49. The molecule has 0 saturated heterocycles. The van der Waals surface area contributed by atoms with Gasteiger partial charge < -0.3 is 9.47 Å². The van der Waals surface area contributed by atoms with E-state index >= 15 is 0 Å². The molecular formula is C13H15NO3. The normalized spacial score (nSPS) is 9.53. The van der Waals surface area contributed by atoms with Crippen LogP contribution in [0.5, 0.6) is 5.75 Å². The van der Waals surface area contributed by atoms with Crippen LogP contribution in [0, 0.1) is 11.3 Å². The first kappa shape index (κ1) is 13.0. The lowest BCUT2D eigenvalue weighted by molar-refractivity contribution is 0.0525. The molecule has 0 aromatic heterocycles. The zero-order valence-corrected chi connectivity index (χ0v) is 10.2. The standard InChI is InChI=1S/C13H15NO3/c1-4-9-6-7-10(13(15)17-5-2)11(8-14)12(9)16-3/h6-7H,4-5H2,1-3H3. The van der Waals surface area contributed by atoms with Crippen molar-refractivity contribution in [3.8, 4) is 11.8 Å². The van der Waals surface area contributed by atoms with Gasteiger partial charge in [0.1, 0.15) is 17.4 Å². The van der Waals surface area contributed by atoms with Crippen LogP contribution in [-0.4, -0.2) is 19.7 Å². The van der Waals surface area contributed by atoms with Crippen molar-refractivity contribution in [2.75, 3.05) is 13.7 Å². The minimum atomic E-state index is -0.495. The van der Waals surface area contributed by atoms with E-state index in [2.05, 4.69) is 0 Å². The molecule has 90 valence electrons. The van der Waals surface area contributed by atoms with Crippen molar-refractivity contribution in [1.82, 2.24) is 0 Å². The first-order chi connectivity index (χ1) is 8.19. The Kier molecular flexibility index (Phi) is 4.53. The number of rotatable bonds is 4. The van der Waals surface area contributed by atoms with Gasteiger partial charge in [-0.3, -0.25) is 0 Å². The van der Waals surface area contributed by atoms with Gasteiger partial charge in [0.2, 0.25) is 0 Å². The van der Waals surface area contributed by atoms with Gasteiger partial charge in [0.05, 0.1) is 19.3 Å². The predicted molar refractivity (Wildman–Crippen MR) is 63.0 cm³/mol. The summed E-state index contributed by atoms with van der Waals surface area (Å²) in [5, 5.41) is 9.13. The van der Waals surface area contributed by atoms with E-state index in [9.17, 15) is 4.79 Å². The number of carbonyl (C=O) groups excluding carboxylic acids is 1. The Labute approximate surface area is 101 Å². The van der Waals surface area contributed by atoms with Crippen LogP contribution in [0.1, 0.15) is 35.3 Å². The van der Waals surface area contributed by atoms with Crippen molar-refractivity contribution in [2.24, 2.45) is 0 Å². The molecule has 0 atom stereocenters. The monoisotopic (exact) mass is 233 g/mol. The van der Waals surface area contributed by atoms with Crippen molar-refractivity contribution in [1.29, 1.82) is 5.26 Å². The summed E-state index contributed by atoms with van der Waals surface area (Å²) in [5.41, 5.74) is 1.39. The highest BCUT2D eigenvalue weighted by Crippen LogP contribution is 2.27. The summed E-state index contributed by atoms with van der Waals surface area (Å²) in [6.45, 7) is 3.96. The van der Waals surface area contributed by atoms with Gasteiger partial charge in [-0.05, 0) is 25.0 Å². The van der Waals surface area contributed by atoms with Crippen molar-refractivity contribution in [3.05, 3.63) is 28.8 Å². The van der Waals surface area contributed by atoms with E-state index in [-0.39, 0.29) is 17.7 Å². The first-order valence-corrected chi connectivity index (χ1v) is 5.46. The van der Waals surface area contributed by atoms with Crippen molar-refractivity contribution < 1.29 is 14.3 Å². The number of methoxy groups -OCH3 is 1. The third-order valence-corrected chi connectivity index (χ3v) is 2.43. The molecule has 0 heterocycles. The van der Waals surface area contributed by atoms with Gasteiger partial charge in [0.25, 0.3) is 0 Å². The molecule has 1 aromatic carbocycles. The molecule has 1 rings (SSSR count). The van der Waals surface area contributed by atoms with E-state index in [1.807, 2.05) is 13.0 Å². The Morgan fingerprint density at radius 3 is 2.59 bits per heavy atom. The van der Waals surface area contributed by atoms with E-state index in [0.29, 0.717) is 5.75 Å². The molecular weight excluding hydrogens is 218 g/mol. The molecule has 0 fully saturated rings. The van der Waals surface area contributed by atoms with Crippen molar-refractivity contribution >= 4 is 5.97 Å². The predicted octanol–water partition coefficient (Wildman–Crippen LogP) is 2.31. The molecule has 0 spiro atoms. The van der Waals surface area contributed by atoms with E-state index in [4.69, 9.17) is 14.7 Å². The number of aryl methyl sites for hydroxylation is 1. The molecule has 0 radical (unpaired) electrons. The smallest absolute Gasteiger partial charge is 0.339 e. The van der Waals surface area contributed by atoms with E-state index < -0.39 is 5.97 Å². The van der Waals surface area contributed by atoms with Crippen LogP contribution in [0.15, 0.2) is 12.1 Å². The maximum atomic E-state index is 11.7. The van der Waals surface area contributed by atoms with E-state index in [1.54, 1.807) is 19.1 Å². The number of hydrogen-bond acceptors (Lipinski definition) is 4. The molecule has 1 aromatic rings. The second kappa shape index (κ2) is 5.90. The van der Waals surface area contributed by atoms with Crippen LogP contribution in [0.3, 0.4) is 0 Å². The Bertz CT molecular complexity index is 460. The van der Waals surface area contributed by atoms with Gasteiger partial charge in [-0.25, -0.2) is 4.79 Å². The number of hydrogen-bond donors (Lipinski definition) is 0. The van der Waals surface area contributed by atoms with E-state index in [1.165, 1.54) is 7.11 Å². The Morgan fingerprint density at radius 2 is 2.12 bits per heavy atom. The molecule has 0 aliphatic rings. The number of esters is 1. The number of benzene rings is 1. The van der Waals surface area contributed by atoms with Gasteiger partial charge in [-0.2, -0.15) is 5.26 Å². The summed E-state index contributed by atoms with van der Waals surface area (Å²) in [4.78, 5) is 11.7. The van der Waals surface area contributed by atoms with Gasteiger partial charge in [0, 0.05) is 0 Å². The van der Waals surface area contributed by atoms with Gasteiger partial charge >= 0.3 is 5.97 Å². The quantitative estimate of drug-likeness (QED) is 0.749. The highest BCUT2D eigenvalue weighted by molar-refractivity contribution is 5.93. The second-order valence-electron chi connectivity index (χ2n) is 3.37. The molecule has 0 unspecified atom stereocenters. The number of carbonyl (C=O) groups is 1. The van der Waals surface area contributed by atoms with Crippen LogP contribution in [0.25, 0.3) is 0 Å². The van der Waals surface area contributed by atoms with Crippen LogP contribution in [0.2, 0.25) is 0 Å². The van der Waals surface area contributed by atoms with Crippen molar-refractivity contribution in [2.45, 2.75) is 20.3 Å². The lowest BCUT2D eigenvalue weighted by Gasteiger charge is -2.11. The number of nitrogens with zero attached hydrogens (tertiary/aromatic N) is 1. The fourth-order valence-electron chi connectivity index (χ4n) is 1.63. The average molecular weight is 233 g/mol. The number of ether oxygens (including phenoxy) is 2. The third kappa shape index (κ3) is 2.56. The molecule has 0 N–H and O–H groups in total. The topological polar surface area (TPSA) is 59.3 Å². The zero-order chi connectivity index (χ0) is 12.8. The molecule has 17 heavy (non-hydrogen) atoms. The Balaban J connectivity index is 3.34. The molecule has 4 nitrogen and oxygen atoms in total. The highest BCUT2D eigenvalue weighted by atomic mass is 16.5. The van der Waals surface area contributed by atoms with Gasteiger partial charge in [0.15, 0.2) is 0 Å². The molecule has 0 bridgehead atoms. The zero-order valence-electron chi connectivity index (χ0n) is 10.2. The Hall–Kier alpha value is -2.02. The number of nitriles is 1. The van der Waals surface area contributed by atoms with Crippen LogP contribution in [0.4, 0.5) is 0 Å². The van der Waals surface area contributed by atoms with Crippen LogP contribution < -0.4 is 4.74 Å². The summed E-state index contributed by atoms with van der Waals surface area (Å²) in [5.74, 6) is -0.0365. The summed E-state index contributed by atoms with van der Waals surface area (Å²) in [6.07, 6.45) is 0.737. The van der Waals surface area contributed by atoms with Gasteiger partial charge in [-0.1, -0.05) is 13.0 Å². The fourth-order valence-corrected chi connectivity index (χ4v) is 1.63. The lowest BCUT2D eigenvalue weighted by atomic mass is 10.0. The third-order valence-electron chi connectivity index (χ3n) is 2.43. The molecule has 0 saturated carbocycles. The van der Waals surface area contributed by atoms with Crippen LogP contribution >= 0.6 is 0 Å². The summed E-state index contributed by atoms with van der Waals surface area (Å²) in [6, 6.07) is 5.40. The molecule has 0 aliphatic carbocycles. The Morgan fingerprint density at radius 1 is 1.41 bits per heavy atom. The SMILES string of the molecule is CCOC(=O)c1ccc(CC)c(OC)c1C#N. The largest absolute Gasteiger partial charge is 0.495 e. The lowest BCUT2D eigenvalue weighted by Crippen LogP contribution is -2.09. The van der Waals surface area contributed by atoms with Crippen molar-refractivity contribution in [3.63, 3.8) is 0 Å². The summed E-state index contributed by atoms with van der Waals surface area (Å²) >= 11 is 0. The minimum Gasteiger partial charge on any atom is -0.495 e. The molecule has 4 heteroatoms. The maximum Gasteiger partial charge on any atom is 0.339 e. The van der Waals surface area contributed by atoms with E-state index in [0.717, 1.165) is 12.0 Å². The summed E-state index contributed by atoms with van der Waals surface area (Å²) < 4.78 is 10.1. The van der Waals surface area contributed by atoms with Crippen LogP contribution in [-0.2, 0) is 11.2 Å².